The van der Waals surface area contributed by atoms with Crippen molar-refractivity contribution >= 4 is 28.6 Å². The van der Waals surface area contributed by atoms with Crippen molar-refractivity contribution in [3.05, 3.63) is 40.8 Å². The van der Waals surface area contributed by atoms with Crippen molar-refractivity contribution < 1.29 is 4.79 Å². The Morgan fingerprint density at radius 1 is 1.26 bits per heavy atom. The van der Waals surface area contributed by atoms with E-state index in [9.17, 15) is 4.79 Å². The second kappa shape index (κ2) is 6.33. The summed E-state index contributed by atoms with van der Waals surface area (Å²) in [6.45, 7) is 6.20. The van der Waals surface area contributed by atoms with Gasteiger partial charge < -0.3 is 10.2 Å². The molecule has 1 N–H and O–H groups in total. The normalized spacial score (nSPS) is 10.2. The molecule has 19 heavy (non-hydrogen) atoms. The Labute approximate surface area is 117 Å². The molecule has 4 nitrogen and oxygen atoms in total. The lowest BCUT2D eigenvalue weighted by Gasteiger charge is -2.21. The fraction of sp³-hybridized carbons (Fsp3) is 0.286. The van der Waals surface area contributed by atoms with E-state index in [0.717, 1.165) is 24.5 Å². The summed E-state index contributed by atoms with van der Waals surface area (Å²) in [6, 6.07) is 7.87. The Bertz CT molecular complexity index is 518. The molecule has 100 valence electrons. The summed E-state index contributed by atoms with van der Waals surface area (Å²) in [5.74, 6) is -0.161. The number of hydrogen-bond acceptors (Lipinski definition) is 4. The summed E-state index contributed by atoms with van der Waals surface area (Å²) < 4.78 is 0. The van der Waals surface area contributed by atoms with Crippen LogP contribution >= 0.6 is 11.3 Å². The van der Waals surface area contributed by atoms with Crippen molar-refractivity contribution in [2.75, 3.05) is 23.3 Å². The fourth-order valence-corrected chi connectivity index (χ4v) is 2.39. The summed E-state index contributed by atoms with van der Waals surface area (Å²) in [4.78, 5) is 18.1. The van der Waals surface area contributed by atoms with Crippen LogP contribution in [0.25, 0.3) is 0 Å². The number of nitrogens with one attached hydrogen (secondary N) is 1. The Morgan fingerprint density at radius 2 is 1.95 bits per heavy atom. The smallest absolute Gasteiger partial charge is 0.284 e. The average molecular weight is 275 g/mol. The molecule has 0 bridgehead atoms. The molecular formula is C14H17N3OS. The van der Waals surface area contributed by atoms with Gasteiger partial charge in [0, 0.05) is 36.0 Å². The molecule has 0 unspecified atom stereocenters. The van der Waals surface area contributed by atoms with Crippen molar-refractivity contribution in [3.8, 4) is 0 Å². The van der Waals surface area contributed by atoms with Gasteiger partial charge in [-0.05, 0) is 38.1 Å². The summed E-state index contributed by atoms with van der Waals surface area (Å²) in [7, 11) is 0. The standard InChI is InChI=1S/C14H17N3OS/c1-3-17(4-2)12-7-5-11(6-8-12)16-13(18)14-15-9-10-19-14/h5-10H,3-4H2,1-2H3,(H,16,18). The van der Waals surface area contributed by atoms with Crippen molar-refractivity contribution in [3.63, 3.8) is 0 Å². The van der Waals surface area contributed by atoms with Crippen LogP contribution in [0.5, 0.6) is 0 Å². The number of aromatic nitrogens is 1. The number of amides is 1. The molecule has 0 atom stereocenters. The van der Waals surface area contributed by atoms with Gasteiger partial charge in [-0.2, -0.15) is 0 Å². The summed E-state index contributed by atoms with van der Waals surface area (Å²) >= 11 is 1.33. The second-order valence-corrected chi connectivity index (χ2v) is 4.91. The third-order valence-electron chi connectivity index (χ3n) is 2.88. The maximum Gasteiger partial charge on any atom is 0.284 e. The van der Waals surface area contributed by atoms with Gasteiger partial charge in [-0.1, -0.05) is 0 Å². The van der Waals surface area contributed by atoms with E-state index in [1.807, 2.05) is 24.3 Å². The first-order chi connectivity index (χ1) is 9.24. The van der Waals surface area contributed by atoms with E-state index in [-0.39, 0.29) is 5.91 Å². The summed E-state index contributed by atoms with van der Waals surface area (Å²) in [5.41, 5.74) is 1.95. The van der Waals surface area contributed by atoms with Crippen molar-refractivity contribution in [1.29, 1.82) is 0 Å². The molecule has 1 heterocycles. The number of benzene rings is 1. The van der Waals surface area contributed by atoms with Crippen LogP contribution in [0.3, 0.4) is 0 Å². The van der Waals surface area contributed by atoms with E-state index in [1.54, 1.807) is 11.6 Å². The predicted molar refractivity (Wildman–Crippen MR) is 80.1 cm³/mol. The molecule has 0 aliphatic rings. The molecule has 1 aromatic heterocycles. The number of carbonyl (C=O) groups is 1. The molecule has 1 aromatic carbocycles. The van der Waals surface area contributed by atoms with Crippen molar-refractivity contribution in [1.82, 2.24) is 4.98 Å². The van der Waals surface area contributed by atoms with Crippen molar-refractivity contribution in [2.45, 2.75) is 13.8 Å². The Kier molecular flexibility index (Phi) is 4.52. The van der Waals surface area contributed by atoms with E-state index in [0.29, 0.717) is 5.01 Å². The molecule has 0 aliphatic carbocycles. The van der Waals surface area contributed by atoms with Gasteiger partial charge in [0.15, 0.2) is 5.01 Å². The number of rotatable bonds is 5. The van der Waals surface area contributed by atoms with Crippen LogP contribution < -0.4 is 10.2 Å². The van der Waals surface area contributed by atoms with Crippen molar-refractivity contribution in [2.24, 2.45) is 0 Å². The molecule has 0 fully saturated rings. The number of nitrogens with zero attached hydrogens (tertiary/aromatic N) is 2. The molecule has 2 aromatic rings. The molecule has 0 radical (unpaired) electrons. The van der Waals surface area contributed by atoms with Gasteiger partial charge in [-0.3, -0.25) is 4.79 Å². The molecule has 0 aliphatic heterocycles. The highest BCUT2D eigenvalue weighted by Crippen LogP contribution is 2.18. The third-order valence-corrected chi connectivity index (χ3v) is 3.65. The van der Waals surface area contributed by atoms with Crippen LogP contribution in [0.15, 0.2) is 35.8 Å². The van der Waals surface area contributed by atoms with Crippen LogP contribution in [0.1, 0.15) is 23.6 Å². The fourth-order valence-electron chi connectivity index (χ4n) is 1.86. The van der Waals surface area contributed by atoms with E-state index in [2.05, 4.69) is 29.0 Å². The minimum atomic E-state index is -0.161. The van der Waals surface area contributed by atoms with Crippen LogP contribution in [-0.4, -0.2) is 24.0 Å². The van der Waals surface area contributed by atoms with Crippen LogP contribution in [-0.2, 0) is 0 Å². The van der Waals surface area contributed by atoms with E-state index in [4.69, 9.17) is 0 Å². The minimum absolute atomic E-state index is 0.161. The lowest BCUT2D eigenvalue weighted by Crippen LogP contribution is -2.21. The minimum Gasteiger partial charge on any atom is -0.372 e. The zero-order chi connectivity index (χ0) is 13.7. The first-order valence-corrected chi connectivity index (χ1v) is 7.18. The highest BCUT2D eigenvalue weighted by molar-refractivity contribution is 7.11. The monoisotopic (exact) mass is 275 g/mol. The Hall–Kier alpha value is -1.88. The highest BCUT2D eigenvalue weighted by atomic mass is 32.1. The van der Waals surface area contributed by atoms with Gasteiger partial charge in [0.1, 0.15) is 0 Å². The van der Waals surface area contributed by atoms with Crippen LogP contribution in [0, 0.1) is 0 Å². The van der Waals surface area contributed by atoms with E-state index < -0.39 is 0 Å². The number of thiazole rings is 1. The molecular weight excluding hydrogens is 258 g/mol. The molecule has 5 heteroatoms. The van der Waals surface area contributed by atoms with E-state index >= 15 is 0 Å². The molecule has 1 amide bonds. The molecule has 0 saturated heterocycles. The van der Waals surface area contributed by atoms with Gasteiger partial charge >= 0.3 is 0 Å². The quantitative estimate of drug-likeness (QED) is 0.911. The van der Waals surface area contributed by atoms with Gasteiger partial charge in [-0.25, -0.2) is 4.98 Å². The SMILES string of the molecule is CCN(CC)c1ccc(NC(=O)c2nccs2)cc1. The number of anilines is 2. The highest BCUT2D eigenvalue weighted by Gasteiger charge is 2.08. The number of carbonyl (C=O) groups excluding carboxylic acids is 1. The van der Waals surface area contributed by atoms with Gasteiger partial charge in [-0.15, -0.1) is 11.3 Å². The number of hydrogen-bond donors (Lipinski definition) is 1. The second-order valence-electron chi connectivity index (χ2n) is 4.01. The summed E-state index contributed by atoms with van der Waals surface area (Å²) in [5, 5.41) is 5.11. The van der Waals surface area contributed by atoms with Gasteiger partial charge in [0.05, 0.1) is 0 Å². The van der Waals surface area contributed by atoms with Crippen LogP contribution in [0.4, 0.5) is 11.4 Å². The zero-order valence-electron chi connectivity index (χ0n) is 11.1. The predicted octanol–water partition coefficient (Wildman–Crippen LogP) is 3.24. The summed E-state index contributed by atoms with van der Waals surface area (Å²) in [6.07, 6.45) is 1.63. The largest absolute Gasteiger partial charge is 0.372 e. The zero-order valence-corrected chi connectivity index (χ0v) is 11.9. The lowest BCUT2D eigenvalue weighted by atomic mass is 10.2. The van der Waals surface area contributed by atoms with Gasteiger partial charge in [0.25, 0.3) is 5.91 Å². The van der Waals surface area contributed by atoms with Crippen LogP contribution in [0.2, 0.25) is 0 Å². The van der Waals surface area contributed by atoms with E-state index in [1.165, 1.54) is 11.3 Å². The molecule has 2 rings (SSSR count). The van der Waals surface area contributed by atoms with Gasteiger partial charge in [0.2, 0.25) is 0 Å². The first-order valence-electron chi connectivity index (χ1n) is 6.30. The Morgan fingerprint density at radius 3 is 2.47 bits per heavy atom. The third kappa shape index (κ3) is 3.32. The lowest BCUT2D eigenvalue weighted by molar-refractivity contribution is 0.102. The topological polar surface area (TPSA) is 45.2 Å². The Balaban J connectivity index is 2.05. The first kappa shape index (κ1) is 13.5. The average Bonchev–Trinajstić information content (AvgIpc) is 2.96. The molecule has 0 saturated carbocycles. The molecule has 0 spiro atoms. The maximum atomic E-state index is 11.8. The maximum absolute atomic E-state index is 11.8.